The van der Waals surface area contributed by atoms with E-state index in [9.17, 15) is 9.90 Å². The molecule has 2 atom stereocenters. The van der Waals surface area contributed by atoms with Crippen molar-refractivity contribution in [3.8, 4) is 0 Å². The van der Waals surface area contributed by atoms with Crippen molar-refractivity contribution in [2.24, 2.45) is 11.8 Å². The summed E-state index contributed by atoms with van der Waals surface area (Å²) in [6.45, 7) is 8.68. The Morgan fingerprint density at radius 1 is 1.53 bits per heavy atom. The summed E-state index contributed by atoms with van der Waals surface area (Å²) in [5.74, 6) is 0.615. The Bertz CT molecular complexity index is 275. The molecule has 0 aromatic rings. The number of hydrogen-bond acceptors (Lipinski definition) is 2. The average molecular weight is 239 g/mol. The lowest BCUT2D eigenvalue weighted by Gasteiger charge is -2.29. The molecule has 0 amide bonds. The molecule has 3 heteroatoms. The third kappa shape index (κ3) is 3.56. The number of carbonyl (C=O) groups is 1. The zero-order chi connectivity index (χ0) is 12.9. The maximum atomic E-state index is 11.5. The van der Waals surface area contributed by atoms with Crippen molar-refractivity contribution in [1.82, 2.24) is 5.32 Å². The SMILES string of the molecule is C=CCNC1(C(=O)O)CCCC(C(C)C)CC1. The molecule has 1 aliphatic rings. The Kier molecular flexibility index (Phi) is 5.19. The second kappa shape index (κ2) is 6.20. The maximum Gasteiger partial charge on any atom is 0.323 e. The summed E-state index contributed by atoms with van der Waals surface area (Å²) in [6.07, 6.45) is 6.36. The van der Waals surface area contributed by atoms with Gasteiger partial charge in [0, 0.05) is 6.54 Å². The minimum Gasteiger partial charge on any atom is -0.480 e. The molecular weight excluding hydrogens is 214 g/mol. The Morgan fingerprint density at radius 3 is 2.76 bits per heavy atom. The number of hydrogen-bond donors (Lipinski definition) is 2. The summed E-state index contributed by atoms with van der Waals surface area (Å²) in [5.41, 5.74) is -0.724. The number of rotatable bonds is 5. The molecule has 17 heavy (non-hydrogen) atoms. The van der Waals surface area contributed by atoms with Gasteiger partial charge in [-0.2, -0.15) is 0 Å². The van der Waals surface area contributed by atoms with E-state index >= 15 is 0 Å². The van der Waals surface area contributed by atoms with Gasteiger partial charge in [-0.25, -0.2) is 0 Å². The van der Waals surface area contributed by atoms with Crippen molar-refractivity contribution >= 4 is 5.97 Å². The maximum absolute atomic E-state index is 11.5. The summed E-state index contributed by atoms with van der Waals surface area (Å²) in [5, 5.41) is 12.6. The van der Waals surface area contributed by atoms with E-state index in [1.807, 2.05) is 0 Å². The van der Waals surface area contributed by atoms with Gasteiger partial charge in [-0.1, -0.05) is 32.8 Å². The molecule has 1 fully saturated rings. The Hall–Kier alpha value is -0.830. The third-order valence-electron chi connectivity index (χ3n) is 4.06. The van der Waals surface area contributed by atoms with E-state index in [-0.39, 0.29) is 0 Å². The summed E-state index contributed by atoms with van der Waals surface area (Å²) in [6, 6.07) is 0. The normalized spacial score (nSPS) is 29.9. The van der Waals surface area contributed by atoms with Gasteiger partial charge in [-0.3, -0.25) is 10.1 Å². The van der Waals surface area contributed by atoms with E-state index in [0.717, 1.165) is 32.1 Å². The molecule has 3 nitrogen and oxygen atoms in total. The second-order valence-electron chi connectivity index (χ2n) is 5.49. The van der Waals surface area contributed by atoms with Gasteiger partial charge in [0.15, 0.2) is 0 Å². The minimum absolute atomic E-state index is 0.568. The van der Waals surface area contributed by atoms with E-state index in [4.69, 9.17) is 0 Å². The molecule has 2 unspecified atom stereocenters. The fourth-order valence-electron chi connectivity index (χ4n) is 2.77. The van der Waals surface area contributed by atoms with Crippen LogP contribution in [0.4, 0.5) is 0 Å². The summed E-state index contributed by atoms with van der Waals surface area (Å²) in [7, 11) is 0. The molecule has 0 radical (unpaired) electrons. The molecule has 1 rings (SSSR count). The highest BCUT2D eigenvalue weighted by atomic mass is 16.4. The average Bonchev–Trinajstić information content (AvgIpc) is 2.49. The van der Waals surface area contributed by atoms with Crippen LogP contribution < -0.4 is 5.32 Å². The van der Waals surface area contributed by atoms with Crippen LogP contribution in [-0.4, -0.2) is 23.2 Å². The van der Waals surface area contributed by atoms with Gasteiger partial charge in [0.1, 0.15) is 5.54 Å². The van der Waals surface area contributed by atoms with Crippen LogP contribution in [0.25, 0.3) is 0 Å². The van der Waals surface area contributed by atoms with Crippen molar-refractivity contribution < 1.29 is 9.90 Å². The van der Waals surface area contributed by atoms with Crippen molar-refractivity contribution in [2.45, 2.75) is 51.5 Å². The highest BCUT2D eigenvalue weighted by molar-refractivity contribution is 5.78. The summed E-state index contributed by atoms with van der Waals surface area (Å²) in [4.78, 5) is 11.5. The standard InChI is InChI=1S/C14H25NO2/c1-4-10-15-14(13(16)17)8-5-6-12(7-9-14)11(2)3/h4,11-12,15H,1,5-10H2,2-3H3,(H,16,17). The molecule has 0 heterocycles. The van der Waals surface area contributed by atoms with Crippen molar-refractivity contribution in [3.63, 3.8) is 0 Å². The number of nitrogens with one attached hydrogen (secondary N) is 1. The molecule has 0 aromatic heterocycles. The van der Waals surface area contributed by atoms with Crippen LogP contribution in [-0.2, 0) is 4.79 Å². The van der Waals surface area contributed by atoms with Gasteiger partial charge in [0.05, 0.1) is 0 Å². The minimum atomic E-state index is -0.724. The summed E-state index contributed by atoms with van der Waals surface area (Å²) >= 11 is 0. The lowest BCUT2D eigenvalue weighted by atomic mass is 9.86. The van der Waals surface area contributed by atoms with Crippen LogP contribution in [0.2, 0.25) is 0 Å². The van der Waals surface area contributed by atoms with Crippen LogP contribution in [0.3, 0.4) is 0 Å². The van der Waals surface area contributed by atoms with Gasteiger partial charge < -0.3 is 5.11 Å². The topological polar surface area (TPSA) is 49.3 Å². The van der Waals surface area contributed by atoms with Crippen molar-refractivity contribution in [2.75, 3.05) is 6.54 Å². The first-order valence-electron chi connectivity index (χ1n) is 6.61. The molecular formula is C14H25NO2. The first-order valence-corrected chi connectivity index (χ1v) is 6.61. The molecule has 0 spiro atoms. The van der Waals surface area contributed by atoms with Gasteiger partial charge >= 0.3 is 5.97 Å². The molecule has 0 saturated heterocycles. The first kappa shape index (κ1) is 14.2. The molecule has 0 aromatic carbocycles. The lowest BCUT2D eigenvalue weighted by Crippen LogP contribution is -2.51. The van der Waals surface area contributed by atoms with Crippen molar-refractivity contribution in [1.29, 1.82) is 0 Å². The fourth-order valence-corrected chi connectivity index (χ4v) is 2.77. The van der Waals surface area contributed by atoms with Gasteiger partial charge in [-0.15, -0.1) is 6.58 Å². The number of carboxylic acid groups (broad SMARTS) is 1. The van der Waals surface area contributed by atoms with E-state index in [1.54, 1.807) is 6.08 Å². The Balaban J connectivity index is 2.72. The zero-order valence-corrected chi connectivity index (χ0v) is 11.0. The van der Waals surface area contributed by atoms with Crippen LogP contribution in [0.5, 0.6) is 0 Å². The van der Waals surface area contributed by atoms with Gasteiger partial charge in [-0.05, 0) is 31.1 Å². The highest BCUT2D eigenvalue weighted by Crippen LogP contribution is 2.34. The van der Waals surface area contributed by atoms with Gasteiger partial charge in [0.25, 0.3) is 0 Å². The molecule has 98 valence electrons. The van der Waals surface area contributed by atoms with Crippen molar-refractivity contribution in [3.05, 3.63) is 12.7 Å². The Labute approximate surface area is 104 Å². The molecule has 1 saturated carbocycles. The molecule has 0 aliphatic heterocycles. The molecule has 1 aliphatic carbocycles. The van der Waals surface area contributed by atoms with Crippen LogP contribution in [0.1, 0.15) is 46.0 Å². The van der Waals surface area contributed by atoms with Crippen LogP contribution in [0.15, 0.2) is 12.7 Å². The zero-order valence-electron chi connectivity index (χ0n) is 11.0. The van der Waals surface area contributed by atoms with Gasteiger partial charge in [0.2, 0.25) is 0 Å². The first-order chi connectivity index (χ1) is 8.02. The predicted octanol–water partition coefficient (Wildman–Crippen LogP) is 2.82. The highest BCUT2D eigenvalue weighted by Gasteiger charge is 2.39. The largest absolute Gasteiger partial charge is 0.480 e. The summed E-state index contributed by atoms with van der Waals surface area (Å²) < 4.78 is 0. The number of carboxylic acids is 1. The predicted molar refractivity (Wildman–Crippen MR) is 70.0 cm³/mol. The second-order valence-corrected chi connectivity index (χ2v) is 5.49. The smallest absolute Gasteiger partial charge is 0.323 e. The van der Waals surface area contributed by atoms with E-state index < -0.39 is 11.5 Å². The van der Waals surface area contributed by atoms with Crippen LogP contribution >= 0.6 is 0 Å². The monoisotopic (exact) mass is 239 g/mol. The fraction of sp³-hybridized carbons (Fsp3) is 0.786. The number of aliphatic carboxylic acids is 1. The van der Waals surface area contributed by atoms with E-state index in [1.165, 1.54) is 0 Å². The van der Waals surface area contributed by atoms with E-state index in [2.05, 4.69) is 25.7 Å². The van der Waals surface area contributed by atoms with Crippen LogP contribution in [0, 0.1) is 11.8 Å². The Morgan fingerprint density at radius 2 is 2.24 bits per heavy atom. The van der Waals surface area contributed by atoms with E-state index in [0.29, 0.717) is 18.4 Å². The lowest BCUT2D eigenvalue weighted by molar-refractivity contribution is -0.145. The third-order valence-corrected chi connectivity index (χ3v) is 4.06. The molecule has 2 N–H and O–H groups in total. The molecule has 0 bridgehead atoms. The quantitative estimate of drug-likeness (QED) is 0.573.